The second kappa shape index (κ2) is 3.53. The van der Waals surface area contributed by atoms with Crippen LogP contribution in [0.1, 0.15) is 24.8 Å². The Morgan fingerprint density at radius 1 is 1.33 bits per heavy atom. The standard InChI is InChI=1S/C13H17NO/c1-9-10-4-2-3-5-12(10)14-13-6-7-15-8-11(9)13/h2-5,9,11,13-14H,6-8H2,1H3/t9-,11-,13+/m0/s1. The third-order valence-electron chi connectivity index (χ3n) is 3.83. The molecule has 0 radical (unpaired) electrons. The maximum atomic E-state index is 5.58. The zero-order chi connectivity index (χ0) is 10.3. The Kier molecular flexibility index (Phi) is 2.17. The highest BCUT2D eigenvalue weighted by molar-refractivity contribution is 5.56. The van der Waals surface area contributed by atoms with Crippen molar-refractivity contribution in [3.8, 4) is 0 Å². The molecule has 80 valence electrons. The molecule has 0 saturated carbocycles. The van der Waals surface area contributed by atoms with E-state index in [1.54, 1.807) is 0 Å². The van der Waals surface area contributed by atoms with E-state index in [4.69, 9.17) is 4.74 Å². The summed E-state index contributed by atoms with van der Waals surface area (Å²) in [4.78, 5) is 0. The number of hydrogen-bond donors (Lipinski definition) is 1. The number of benzene rings is 1. The fourth-order valence-electron chi connectivity index (χ4n) is 2.89. The highest BCUT2D eigenvalue weighted by atomic mass is 16.5. The van der Waals surface area contributed by atoms with Crippen molar-refractivity contribution in [3.63, 3.8) is 0 Å². The Hall–Kier alpha value is -1.02. The van der Waals surface area contributed by atoms with Gasteiger partial charge in [0.05, 0.1) is 6.61 Å². The van der Waals surface area contributed by atoms with E-state index in [2.05, 4.69) is 36.5 Å². The van der Waals surface area contributed by atoms with Gasteiger partial charge in [0.15, 0.2) is 0 Å². The van der Waals surface area contributed by atoms with Gasteiger partial charge >= 0.3 is 0 Å². The summed E-state index contributed by atoms with van der Waals surface area (Å²) in [6, 6.07) is 9.28. The molecule has 0 aromatic heterocycles. The minimum Gasteiger partial charge on any atom is -0.382 e. The number of nitrogens with one attached hydrogen (secondary N) is 1. The van der Waals surface area contributed by atoms with Gasteiger partial charge in [-0.05, 0) is 24.0 Å². The minimum atomic E-state index is 0.614. The summed E-state index contributed by atoms with van der Waals surface area (Å²) in [5, 5.41) is 3.65. The molecule has 0 bridgehead atoms. The summed E-state index contributed by atoms with van der Waals surface area (Å²) in [7, 11) is 0. The smallest absolute Gasteiger partial charge is 0.0519 e. The summed E-state index contributed by atoms with van der Waals surface area (Å²) in [6.07, 6.45) is 1.14. The number of hydrogen-bond acceptors (Lipinski definition) is 2. The molecule has 1 saturated heterocycles. The van der Waals surface area contributed by atoms with E-state index in [9.17, 15) is 0 Å². The minimum absolute atomic E-state index is 0.614. The molecular formula is C13H17NO. The van der Waals surface area contributed by atoms with Crippen LogP contribution < -0.4 is 5.32 Å². The Balaban J connectivity index is 1.98. The highest BCUT2D eigenvalue weighted by Crippen LogP contribution is 2.40. The van der Waals surface area contributed by atoms with E-state index in [1.165, 1.54) is 11.3 Å². The predicted molar refractivity (Wildman–Crippen MR) is 61.2 cm³/mol. The third-order valence-corrected chi connectivity index (χ3v) is 3.83. The van der Waals surface area contributed by atoms with Gasteiger partial charge in [-0.15, -0.1) is 0 Å². The van der Waals surface area contributed by atoms with Crippen LogP contribution in [0.2, 0.25) is 0 Å². The van der Waals surface area contributed by atoms with Crippen LogP contribution in [0.5, 0.6) is 0 Å². The number of para-hydroxylation sites is 1. The van der Waals surface area contributed by atoms with Gasteiger partial charge in [-0.3, -0.25) is 0 Å². The molecular weight excluding hydrogens is 186 g/mol. The lowest BCUT2D eigenvalue weighted by atomic mass is 9.77. The lowest BCUT2D eigenvalue weighted by molar-refractivity contribution is 0.0358. The molecule has 2 nitrogen and oxygen atoms in total. The summed E-state index contributed by atoms with van der Waals surface area (Å²) < 4.78 is 5.58. The summed E-state index contributed by atoms with van der Waals surface area (Å²) >= 11 is 0. The first-order valence-corrected chi connectivity index (χ1v) is 5.79. The van der Waals surface area contributed by atoms with Gasteiger partial charge in [-0.25, -0.2) is 0 Å². The van der Waals surface area contributed by atoms with E-state index in [1.807, 2.05) is 0 Å². The molecule has 0 aliphatic carbocycles. The van der Waals surface area contributed by atoms with E-state index in [-0.39, 0.29) is 0 Å². The van der Waals surface area contributed by atoms with Crippen molar-refractivity contribution in [2.45, 2.75) is 25.3 Å². The molecule has 1 aromatic rings. The fraction of sp³-hybridized carbons (Fsp3) is 0.538. The van der Waals surface area contributed by atoms with Gasteiger partial charge < -0.3 is 10.1 Å². The molecule has 1 fully saturated rings. The lowest BCUT2D eigenvalue weighted by Gasteiger charge is -2.41. The second-order valence-electron chi connectivity index (χ2n) is 4.65. The van der Waals surface area contributed by atoms with Crippen LogP contribution in [0.4, 0.5) is 5.69 Å². The molecule has 3 atom stereocenters. The van der Waals surface area contributed by atoms with Gasteiger partial charge in [0.25, 0.3) is 0 Å². The predicted octanol–water partition coefficient (Wildman–Crippen LogP) is 2.62. The molecule has 2 aliphatic heterocycles. The van der Waals surface area contributed by atoms with Crippen LogP contribution in [-0.4, -0.2) is 19.3 Å². The van der Waals surface area contributed by atoms with Crippen LogP contribution in [0.15, 0.2) is 24.3 Å². The van der Waals surface area contributed by atoms with E-state index in [0.29, 0.717) is 17.9 Å². The summed E-state index contributed by atoms with van der Waals surface area (Å²) in [5.41, 5.74) is 2.78. The second-order valence-corrected chi connectivity index (χ2v) is 4.65. The normalized spacial score (nSPS) is 33.8. The van der Waals surface area contributed by atoms with Gasteiger partial charge in [-0.2, -0.15) is 0 Å². The van der Waals surface area contributed by atoms with Crippen LogP contribution in [0.25, 0.3) is 0 Å². The van der Waals surface area contributed by atoms with E-state index in [0.717, 1.165) is 19.6 Å². The maximum Gasteiger partial charge on any atom is 0.0519 e. The largest absolute Gasteiger partial charge is 0.382 e. The summed E-state index contributed by atoms with van der Waals surface area (Å²) in [5.74, 6) is 1.27. The number of anilines is 1. The topological polar surface area (TPSA) is 21.3 Å². The first-order valence-electron chi connectivity index (χ1n) is 5.79. The monoisotopic (exact) mass is 203 g/mol. The summed E-state index contributed by atoms with van der Waals surface area (Å²) in [6.45, 7) is 4.14. The first kappa shape index (κ1) is 9.22. The molecule has 0 unspecified atom stereocenters. The Bertz CT molecular complexity index is 363. The maximum absolute atomic E-state index is 5.58. The highest BCUT2D eigenvalue weighted by Gasteiger charge is 2.35. The zero-order valence-electron chi connectivity index (χ0n) is 9.07. The number of ether oxygens (including phenoxy) is 1. The molecule has 2 aliphatic rings. The third kappa shape index (κ3) is 1.44. The Morgan fingerprint density at radius 3 is 3.13 bits per heavy atom. The number of fused-ring (bicyclic) bond motifs is 2. The van der Waals surface area contributed by atoms with Gasteiger partial charge in [0.2, 0.25) is 0 Å². The van der Waals surface area contributed by atoms with Crippen molar-refractivity contribution in [1.82, 2.24) is 0 Å². The van der Waals surface area contributed by atoms with Crippen LogP contribution in [0, 0.1) is 5.92 Å². The quantitative estimate of drug-likeness (QED) is 0.700. The van der Waals surface area contributed by atoms with Gasteiger partial charge in [-0.1, -0.05) is 25.1 Å². The molecule has 2 heteroatoms. The van der Waals surface area contributed by atoms with Crippen molar-refractivity contribution in [2.75, 3.05) is 18.5 Å². The Morgan fingerprint density at radius 2 is 2.20 bits per heavy atom. The Labute approximate surface area is 90.6 Å². The van der Waals surface area contributed by atoms with Crippen molar-refractivity contribution < 1.29 is 4.74 Å². The average molecular weight is 203 g/mol. The fourth-order valence-corrected chi connectivity index (χ4v) is 2.89. The zero-order valence-corrected chi connectivity index (χ0v) is 9.07. The van der Waals surface area contributed by atoms with Crippen molar-refractivity contribution >= 4 is 5.69 Å². The van der Waals surface area contributed by atoms with Crippen LogP contribution >= 0.6 is 0 Å². The van der Waals surface area contributed by atoms with Gasteiger partial charge in [0.1, 0.15) is 0 Å². The van der Waals surface area contributed by atoms with Gasteiger partial charge in [0, 0.05) is 24.3 Å². The molecule has 1 N–H and O–H groups in total. The van der Waals surface area contributed by atoms with Crippen LogP contribution in [0.3, 0.4) is 0 Å². The molecule has 15 heavy (non-hydrogen) atoms. The van der Waals surface area contributed by atoms with Crippen LogP contribution in [-0.2, 0) is 4.74 Å². The lowest BCUT2D eigenvalue weighted by Crippen LogP contribution is -2.43. The van der Waals surface area contributed by atoms with E-state index >= 15 is 0 Å². The van der Waals surface area contributed by atoms with Crippen molar-refractivity contribution in [1.29, 1.82) is 0 Å². The first-order chi connectivity index (χ1) is 7.36. The molecule has 0 spiro atoms. The number of rotatable bonds is 0. The van der Waals surface area contributed by atoms with Crippen molar-refractivity contribution in [2.24, 2.45) is 5.92 Å². The average Bonchev–Trinajstić information content (AvgIpc) is 2.30. The molecule has 0 amide bonds. The SMILES string of the molecule is C[C@H]1c2ccccc2N[C@@H]2CCOC[C@H]21. The molecule has 2 heterocycles. The van der Waals surface area contributed by atoms with E-state index < -0.39 is 0 Å². The van der Waals surface area contributed by atoms with Crippen molar-refractivity contribution in [3.05, 3.63) is 29.8 Å². The molecule has 1 aromatic carbocycles. The molecule has 3 rings (SSSR count).